The van der Waals surface area contributed by atoms with Crippen molar-refractivity contribution < 1.29 is 4.74 Å². The second kappa shape index (κ2) is 6.72. The zero-order chi connectivity index (χ0) is 14.5. The first-order chi connectivity index (χ1) is 9.60. The fraction of sp³-hybridized carbons (Fsp3) is 0.429. The molecule has 20 heavy (non-hydrogen) atoms. The first-order valence-corrected chi connectivity index (χ1v) is 6.99. The molecule has 0 saturated carbocycles. The van der Waals surface area contributed by atoms with Crippen LogP contribution in [0.15, 0.2) is 24.4 Å². The molecule has 0 spiro atoms. The summed E-state index contributed by atoms with van der Waals surface area (Å²) in [5.74, 6) is 0.757. The number of rotatable bonds is 6. The Balaban J connectivity index is 2.12. The van der Waals surface area contributed by atoms with E-state index >= 15 is 0 Å². The molecule has 1 heterocycles. The summed E-state index contributed by atoms with van der Waals surface area (Å²) >= 11 is 6.25. The van der Waals surface area contributed by atoms with Crippen molar-refractivity contribution >= 4 is 11.6 Å². The molecule has 0 aliphatic carbocycles. The molecule has 6 heteroatoms. The van der Waals surface area contributed by atoms with Crippen LogP contribution in [0.25, 0.3) is 0 Å². The molecule has 5 nitrogen and oxygen atoms in total. The molecular weight excluding hydrogens is 276 g/mol. The van der Waals surface area contributed by atoms with Crippen LogP contribution in [0, 0.1) is 0 Å². The minimum Gasteiger partial charge on any atom is -0.487 e. The summed E-state index contributed by atoms with van der Waals surface area (Å²) in [5, 5.41) is 8.55. The summed E-state index contributed by atoms with van der Waals surface area (Å²) in [5.41, 5.74) is 7.74. The van der Waals surface area contributed by atoms with Crippen molar-refractivity contribution in [3.63, 3.8) is 0 Å². The van der Waals surface area contributed by atoms with Crippen LogP contribution in [0.4, 0.5) is 0 Å². The van der Waals surface area contributed by atoms with Gasteiger partial charge in [-0.15, -0.1) is 5.10 Å². The number of halogens is 1. The van der Waals surface area contributed by atoms with Crippen LogP contribution in [0.2, 0.25) is 5.02 Å². The summed E-state index contributed by atoms with van der Waals surface area (Å²) in [6.07, 6.45) is 3.42. The van der Waals surface area contributed by atoms with E-state index in [1.807, 2.05) is 31.4 Å². The van der Waals surface area contributed by atoms with Crippen LogP contribution in [0.1, 0.15) is 24.6 Å². The highest BCUT2D eigenvalue weighted by atomic mass is 35.5. The number of ether oxygens (including phenoxy) is 1. The van der Waals surface area contributed by atoms with Crippen molar-refractivity contribution in [1.82, 2.24) is 15.0 Å². The van der Waals surface area contributed by atoms with E-state index in [1.165, 1.54) is 0 Å². The van der Waals surface area contributed by atoms with Crippen LogP contribution in [0.3, 0.4) is 0 Å². The van der Waals surface area contributed by atoms with Crippen molar-refractivity contribution in [3.8, 4) is 5.75 Å². The summed E-state index contributed by atoms with van der Waals surface area (Å²) in [6.45, 7) is 2.42. The Morgan fingerprint density at radius 3 is 2.90 bits per heavy atom. The average molecular weight is 295 g/mol. The van der Waals surface area contributed by atoms with Gasteiger partial charge in [-0.2, -0.15) is 0 Å². The number of benzene rings is 1. The fourth-order valence-corrected chi connectivity index (χ4v) is 2.13. The smallest absolute Gasteiger partial charge is 0.134 e. The highest BCUT2D eigenvalue weighted by Crippen LogP contribution is 2.28. The highest BCUT2D eigenvalue weighted by molar-refractivity contribution is 6.31. The first kappa shape index (κ1) is 14.8. The number of nitrogens with two attached hydrogens (primary N) is 1. The van der Waals surface area contributed by atoms with E-state index in [0.29, 0.717) is 18.1 Å². The lowest BCUT2D eigenvalue weighted by atomic mass is 10.0. The molecule has 0 aliphatic rings. The van der Waals surface area contributed by atoms with Gasteiger partial charge < -0.3 is 10.5 Å². The van der Waals surface area contributed by atoms with E-state index in [-0.39, 0.29) is 6.04 Å². The second-order valence-corrected chi connectivity index (χ2v) is 5.17. The topological polar surface area (TPSA) is 66.0 Å². The van der Waals surface area contributed by atoms with Crippen molar-refractivity contribution in [3.05, 3.63) is 40.7 Å². The Morgan fingerprint density at radius 2 is 2.25 bits per heavy atom. The Labute approximate surface area is 123 Å². The number of hydrogen-bond donors (Lipinski definition) is 1. The molecule has 0 fully saturated rings. The van der Waals surface area contributed by atoms with Crippen LogP contribution < -0.4 is 10.5 Å². The van der Waals surface area contributed by atoms with Crippen molar-refractivity contribution in [2.75, 3.05) is 0 Å². The van der Waals surface area contributed by atoms with E-state index in [0.717, 1.165) is 23.4 Å². The van der Waals surface area contributed by atoms with E-state index in [1.54, 1.807) is 4.68 Å². The van der Waals surface area contributed by atoms with Crippen molar-refractivity contribution in [2.45, 2.75) is 32.4 Å². The molecule has 1 aromatic heterocycles. The van der Waals surface area contributed by atoms with Gasteiger partial charge in [-0.25, -0.2) is 0 Å². The van der Waals surface area contributed by atoms with Crippen LogP contribution in [-0.2, 0) is 20.1 Å². The lowest BCUT2D eigenvalue weighted by Gasteiger charge is -2.15. The predicted octanol–water partition coefficient (Wildman–Crippen LogP) is 2.33. The quantitative estimate of drug-likeness (QED) is 0.888. The third kappa shape index (κ3) is 3.71. The number of nitrogens with zero attached hydrogens (tertiary/aromatic N) is 3. The van der Waals surface area contributed by atoms with E-state index < -0.39 is 0 Å². The van der Waals surface area contributed by atoms with Gasteiger partial charge in [0, 0.05) is 23.7 Å². The fourth-order valence-electron chi connectivity index (χ4n) is 1.89. The maximum absolute atomic E-state index is 6.25. The van der Waals surface area contributed by atoms with Gasteiger partial charge in [-0.1, -0.05) is 29.8 Å². The maximum atomic E-state index is 6.25. The van der Waals surface area contributed by atoms with Gasteiger partial charge in [-0.3, -0.25) is 4.68 Å². The third-order valence-corrected chi connectivity index (χ3v) is 3.45. The van der Waals surface area contributed by atoms with Gasteiger partial charge in [0.05, 0.1) is 6.20 Å². The summed E-state index contributed by atoms with van der Waals surface area (Å²) in [6, 6.07) is 5.71. The zero-order valence-corrected chi connectivity index (χ0v) is 12.5. The SMILES string of the molecule is CCC(N)Cc1c(Cl)cccc1OCc1cn(C)nn1. The Hall–Kier alpha value is -1.59. The Bertz CT molecular complexity index is 570. The molecular formula is C14H19ClN4O. The summed E-state index contributed by atoms with van der Waals surface area (Å²) in [7, 11) is 1.82. The van der Waals surface area contributed by atoms with E-state index in [9.17, 15) is 0 Å². The minimum absolute atomic E-state index is 0.0776. The lowest BCUT2D eigenvalue weighted by molar-refractivity contribution is 0.297. The van der Waals surface area contributed by atoms with Gasteiger partial charge in [0.15, 0.2) is 0 Å². The highest BCUT2D eigenvalue weighted by Gasteiger charge is 2.12. The van der Waals surface area contributed by atoms with E-state index in [4.69, 9.17) is 22.1 Å². The van der Waals surface area contributed by atoms with Crippen LogP contribution in [-0.4, -0.2) is 21.0 Å². The van der Waals surface area contributed by atoms with Crippen molar-refractivity contribution in [1.29, 1.82) is 0 Å². The zero-order valence-electron chi connectivity index (χ0n) is 11.7. The monoisotopic (exact) mass is 294 g/mol. The number of hydrogen-bond acceptors (Lipinski definition) is 4. The minimum atomic E-state index is 0.0776. The van der Waals surface area contributed by atoms with Crippen LogP contribution in [0.5, 0.6) is 5.75 Å². The Kier molecular flexibility index (Phi) is 4.98. The van der Waals surface area contributed by atoms with Crippen molar-refractivity contribution in [2.24, 2.45) is 12.8 Å². The van der Waals surface area contributed by atoms with Gasteiger partial charge in [0.2, 0.25) is 0 Å². The first-order valence-electron chi connectivity index (χ1n) is 6.61. The van der Waals surface area contributed by atoms with Crippen LogP contribution >= 0.6 is 11.6 Å². The van der Waals surface area contributed by atoms with E-state index in [2.05, 4.69) is 17.2 Å². The maximum Gasteiger partial charge on any atom is 0.134 e. The van der Waals surface area contributed by atoms with Gasteiger partial charge in [-0.05, 0) is 25.0 Å². The molecule has 2 rings (SSSR count). The third-order valence-electron chi connectivity index (χ3n) is 3.09. The van der Waals surface area contributed by atoms with Gasteiger partial charge >= 0.3 is 0 Å². The molecule has 0 radical (unpaired) electrons. The molecule has 1 unspecified atom stereocenters. The standard InChI is InChI=1S/C14H19ClN4O/c1-3-10(16)7-12-13(15)5-4-6-14(12)20-9-11-8-19(2)18-17-11/h4-6,8,10H,3,7,9,16H2,1-2H3. The molecule has 0 amide bonds. The van der Waals surface area contributed by atoms with Gasteiger partial charge in [0.1, 0.15) is 18.1 Å². The predicted molar refractivity (Wildman–Crippen MR) is 78.8 cm³/mol. The molecule has 0 bridgehead atoms. The molecule has 0 aliphatic heterocycles. The average Bonchev–Trinajstić information content (AvgIpc) is 2.85. The number of aromatic nitrogens is 3. The Morgan fingerprint density at radius 1 is 1.45 bits per heavy atom. The lowest BCUT2D eigenvalue weighted by Crippen LogP contribution is -2.22. The largest absolute Gasteiger partial charge is 0.487 e. The molecule has 0 saturated heterocycles. The van der Waals surface area contributed by atoms with Gasteiger partial charge in [0.25, 0.3) is 0 Å². The molecule has 2 N–H and O–H groups in total. The number of aryl methyl sites for hydroxylation is 1. The second-order valence-electron chi connectivity index (χ2n) is 4.76. The summed E-state index contributed by atoms with van der Waals surface area (Å²) in [4.78, 5) is 0. The normalized spacial score (nSPS) is 12.4. The molecule has 1 atom stereocenters. The molecule has 108 valence electrons. The summed E-state index contributed by atoms with van der Waals surface area (Å²) < 4.78 is 7.45. The molecule has 2 aromatic rings. The molecule has 1 aromatic carbocycles.